The summed E-state index contributed by atoms with van der Waals surface area (Å²) < 4.78 is 0.784. The van der Waals surface area contributed by atoms with Crippen molar-refractivity contribution in [2.24, 2.45) is 0 Å². The predicted octanol–water partition coefficient (Wildman–Crippen LogP) is 2.48. The Bertz CT molecular complexity index is 565. The first-order chi connectivity index (χ1) is 8.18. The fourth-order valence-corrected chi connectivity index (χ4v) is 2.39. The van der Waals surface area contributed by atoms with Gasteiger partial charge in [-0.2, -0.15) is 0 Å². The van der Waals surface area contributed by atoms with E-state index in [9.17, 15) is 4.79 Å². The van der Waals surface area contributed by atoms with Crippen molar-refractivity contribution in [1.29, 1.82) is 0 Å². The number of aromatic carboxylic acids is 1. The molecule has 0 aromatic carbocycles. The molecule has 86 valence electrons. The Morgan fingerprint density at radius 1 is 1.18 bits per heavy atom. The molecule has 2 heterocycles. The molecule has 0 unspecified atom stereocenters. The molecule has 0 radical (unpaired) electrons. The number of pyridine rings is 1. The van der Waals surface area contributed by atoms with Crippen LogP contribution in [0.5, 0.6) is 0 Å². The van der Waals surface area contributed by atoms with Gasteiger partial charge >= 0.3 is 5.97 Å². The summed E-state index contributed by atoms with van der Waals surface area (Å²) in [5.74, 6) is -1.10. The van der Waals surface area contributed by atoms with Crippen LogP contribution in [0.3, 0.4) is 0 Å². The number of carbonyl (C=O) groups is 1. The van der Waals surface area contributed by atoms with Gasteiger partial charge in [0, 0.05) is 18.6 Å². The number of rotatable bonds is 3. The van der Waals surface area contributed by atoms with Crippen LogP contribution in [-0.4, -0.2) is 26.0 Å². The number of halogens is 1. The van der Waals surface area contributed by atoms with Crippen molar-refractivity contribution in [3.63, 3.8) is 0 Å². The minimum absolute atomic E-state index is 0.0740. The van der Waals surface area contributed by atoms with Gasteiger partial charge in [0.15, 0.2) is 5.69 Å². The molecule has 0 aliphatic heterocycles. The zero-order valence-corrected chi connectivity index (χ0v) is 10.8. The number of nitrogens with zero attached hydrogens (tertiary/aromatic N) is 3. The second kappa shape index (κ2) is 5.24. The normalized spacial score (nSPS) is 10.2. The average molecular weight is 312 g/mol. The SMILES string of the molecule is O=C(O)c1nccnc1Sc1ncccc1Br. The highest BCUT2D eigenvalue weighted by molar-refractivity contribution is 9.10. The molecular weight excluding hydrogens is 306 g/mol. The first-order valence-electron chi connectivity index (χ1n) is 4.51. The highest BCUT2D eigenvalue weighted by atomic mass is 79.9. The summed E-state index contributed by atoms with van der Waals surface area (Å²) in [4.78, 5) is 22.9. The highest BCUT2D eigenvalue weighted by Gasteiger charge is 2.15. The lowest BCUT2D eigenvalue weighted by Crippen LogP contribution is -2.03. The van der Waals surface area contributed by atoms with Crippen LogP contribution in [0.25, 0.3) is 0 Å². The lowest BCUT2D eigenvalue weighted by atomic mass is 10.5. The predicted molar refractivity (Wildman–Crippen MR) is 65.1 cm³/mol. The van der Waals surface area contributed by atoms with E-state index < -0.39 is 5.97 Å². The van der Waals surface area contributed by atoms with E-state index in [0.717, 1.165) is 16.2 Å². The first kappa shape index (κ1) is 12.0. The first-order valence-corrected chi connectivity index (χ1v) is 6.12. The van der Waals surface area contributed by atoms with Gasteiger partial charge in [0.25, 0.3) is 0 Å². The van der Waals surface area contributed by atoms with Gasteiger partial charge in [-0.1, -0.05) is 0 Å². The van der Waals surface area contributed by atoms with Crippen molar-refractivity contribution in [3.8, 4) is 0 Å². The largest absolute Gasteiger partial charge is 0.476 e. The molecule has 0 spiro atoms. The smallest absolute Gasteiger partial charge is 0.357 e. The molecule has 0 bridgehead atoms. The van der Waals surface area contributed by atoms with E-state index in [-0.39, 0.29) is 5.69 Å². The molecule has 0 amide bonds. The van der Waals surface area contributed by atoms with Gasteiger partial charge in [0.05, 0.1) is 4.47 Å². The van der Waals surface area contributed by atoms with Crippen molar-refractivity contribution in [3.05, 3.63) is 40.9 Å². The molecule has 17 heavy (non-hydrogen) atoms. The topological polar surface area (TPSA) is 76.0 Å². The molecule has 0 aliphatic rings. The van der Waals surface area contributed by atoms with Crippen molar-refractivity contribution in [2.75, 3.05) is 0 Å². The van der Waals surface area contributed by atoms with Gasteiger partial charge in [-0.3, -0.25) is 0 Å². The lowest BCUT2D eigenvalue weighted by molar-refractivity contribution is 0.0685. The summed E-state index contributed by atoms with van der Waals surface area (Å²) in [6.07, 6.45) is 4.43. The van der Waals surface area contributed by atoms with Gasteiger partial charge < -0.3 is 5.11 Å². The van der Waals surface area contributed by atoms with E-state index in [1.165, 1.54) is 12.4 Å². The van der Waals surface area contributed by atoms with Crippen molar-refractivity contribution >= 4 is 33.7 Å². The van der Waals surface area contributed by atoms with E-state index in [1.54, 1.807) is 12.3 Å². The van der Waals surface area contributed by atoms with Crippen molar-refractivity contribution in [1.82, 2.24) is 15.0 Å². The third kappa shape index (κ3) is 2.80. The van der Waals surface area contributed by atoms with Crippen LogP contribution in [0.15, 0.2) is 45.2 Å². The maximum Gasteiger partial charge on any atom is 0.357 e. The molecule has 2 aromatic rings. The number of hydrogen-bond acceptors (Lipinski definition) is 5. The summed E-state index contributed by atoms with van der Waals surface area (Å²) in [6, 6.07) is 3.61. The Labute approximate surface area is 109 Å². The molecule has 0 saturated carbocycles. The lowest BCUT2D eigenvalue weighted by Gasteiger charge is -2.03. The molecule has 7 heteroatoms. The number of carboxylic acid groups (broad SMARTS) is 1. The summed E-state index contributed by atoms with van der Waals surface area (Å²) in [5, 5.41) is 9.93. The van der Waals surface area contributed by atoms with Crippen LogP contribution >= 0.6 is 27.7 Å². The standard InChI is InChI=1S/C10H6BrN3O2S/c11-6-2-1-3-13-8(6)17-9-7(10(15)16)12-4-5-14-9/h1-5H,(H,15,16). The second-order valence-corrected chi connectivity index (χ2v) is 4.74. The molecule has 0 atom stereocenters. The monoisotopic (exact) mass is 311 g/mol. The molecule has 2 rings (SSSR count). The van der Waals surface area contributed by atoms with Gasteiger partial charge in [-0.25, -0.2) is 19.7 Å². The molecule has 2 aromatic heterocycles. The van der Waals surface area contributed by atoms with Gasteiger partial charge in [0.2, 0.25) is 0 Å². The fourth-order valence-electron chi connectivity index (χ4n) is 1.08. The van der Waals surface area contributed by atoms with Gasteiger partial charge in [-0.15, -0.1) is 0 Å². The van der Waals surface area contributed by atoms with E-state index in [0.29, 0.717) is 10.1 Å². The van der Waals surface area contributed by atoms with Crippen LogP contribution in [0, 0.1) is 0 Å². The zero-order valence-electron chi connectivity index (χ0n) is 8.37. The van der Waals surface area contributed by atoms with E-state index in [2.05, 4.69) is 30.9 Å². The Hall–Kier alpha value is -1.47. The summed E-state index contributed by atoms with van der Waals surface area (Å²) in [5.41, 5.74) is -0.0740. The average Bonchev–Trinajstić information content (AvgIpc) is 2.32. The Morgan fingerprint density at radius 2 is 1.88 bits per heavy atom. The van der Waals surface area contributed by atoms with E-state index >= 15 is 0 Å². The zero-order chi connectivity index (χ0) is 12.3. The maximum atomic E-state index is 10.9. The Kier molecular flexibility index (Phi) is 3.70. The maximum absolute atomic E-state index is 10.9. The fraction of sp³-hybridized carbons (Fsp3) is 0. The molecule has 0 saturated heterocycles. The second-order valence-electron chi connectivity index (χ2n) is 2.91. The molecule has 5 nitrogen and oxygen atoms in total. The summed E-state index contributed by atoms with van der Waals surface area (Å²) in [6.45, 7) is 0. The quantitative estimate of drug-likeness (QED) is 0.938. The highest BCUT2D eigenvalue weighted by Crippen LogP contribution is 2.31. The number of hydrogen-bond donors (Lipinski definition) is 1. The van der Waals surface area contributed by atoms with Crippen molar-refractivity contribution < 1.29 is 9.90 Å². The van der Waals surface area contributed by atoms with E-state index in [1.807, 2.05) is 6.07 Å². The number of aromatic nitrogens is 3. The minimum Gasteiger partial charge on any atom is -0.476 e. The van der Waals surface area contributed by atoms with E-state index in [4.69, 9.17) is 5.11 Å². The minimum atomic E-state index is -1.10. The molecular formula is C10H6BrN3O2S. The van der Waals surface area contributed by atoms with Crippen LogP contribution in [0.2, 0.25) is 0 Å². The third-order valence-corrected chi connectivity index (χ3v) is 3.70. The molecule has 1 N–H and O–H groups in total. The summed E-state index contributed by atoms with van der Waals surface area (Å²) >= 11 is 4.49. The Balaban J connectivity index is 2.37. The summed E-state index contributed by atoms with van der Waals surface area (Å²) in [7, 11) is 0. The van der Waals surface area contributed by atoms with Crippen LogP contribution in [-0.2, 0) is 0 Å². The third-order valence-electron chi connectivity index (χ3n) is 1.79. The van der Waals surface area contributed by atoms with Gasteiger partial charge in [-0.05, 0) is 39.8 Å². The van der Waals surface area contributed by atoms with Crippen LogP contribution in [0.1, 0.15) is 10.5 Å². The van der Waals surface area contributed by atoms with Crippen LogP contribution in [0.4, 0.5) is 0 Å². The Morgan fingerprint density at radius 3 is 2.59 bits per heavy atom. The van der Waals surface area contributed by atoms with Gasteiger partial charge in [0.1, 0.15) is 10.1 Å². The van der Waals surface area contributed by atoms with Crippen molar-refractivity contribution in [2.45, 2.75) is 10.1 Å². The molecule has 0 aliphatic carbocycles. The van der Waals surface area contributed by atoms with Crippen LogP contribution < -0.4 is 0 Å². The molecule has 0 fully saturated rings. The number of carboxylic acids is 1.